The Morgan fingerprint density at radius 2 is 2.24 bits per heavy atom. The Bertz CT molecular complexity index is 917. The van der Waals surface area contributed by atoms with Gasteiger partial charge in [-0.25, -0.2) is 0 Å². The van der Waals surface area contributed by atoms with Crippen molar-refractivity contribution >= 4 is 22.8 Å². The fourth-order valence-electron chi connectivity index (χ4n) is 4.63. The Labute approximate surface area is 144 Å². The number of hydrogen-bond acceptors (Lipinski definition) is 4. The largest absolute Gasteiger partial charge is 0.550 e. The lowest BCUT2D eigenvalue weighted by atomic mass is 9.77. The second kappa shape index (κ2) is 4.95. The normalized spacial score (nSPS) is 32.7. The molecule has 128 valence electrons. The van der Waals surface area contributed by atoms with Crippen molar-refractivity contribution in [1.82, 2.24) is 9.88 Å². The van der Waals surface area contributed by atoms with Crippen LogP contribution in [0.5, 0.6) is 0 Å². The summed E-state index contributed by atoms with van der Waals surface area (Å²) in [5.41, 5.74) is 1.44. The standard InChI is InChI=1S/C19H18N2O4/c22-17-16-15(18(23)24)14-5-7-19(16,25-14)10-21(17)8-6-11-9-20-13-4-2-1-3-12(11)13/h1-5,7,9,14-16,20H,6,8,10H2,(H,23,24)/p-1/t14-,15-,16-,19-/m1/s1. The van der Waals surface area contributed by atoms with Crippen LogP contribution in [0.25, 0.3) is 10.9 Å². The number of likely N-dealkylation sites (tertiary alicyclic amines) is 1. The molecule has 4 heterocycles. The van der Waals surface area contributed by atoms with Crippen molar-refractivity contribution in [1.29, 1.82) is 0 Å². The lowest BCUT2D eigenvalue weighted by Gasteiger charge is -2.24. The number of rotatable bonds is 4. The summed E-state index contributed by atoms with van der Waals surface area (Å²) in [4.78, 5) is 29.3. The number of fused-ring (bicyclic) bond motifs is 2. The van der Waals surface area contributed by atoms with Gasteiger partial charge in [-0.05, 0) is 18.1 Å². The summed E-state index contributed by atoms with van der Waals surface area (Å²) in [6.07, 6.45) is 5.77. The lowest BCUT2D eigenvalue weighted by molar-refractivity contribution is -0.313. The number of aliphatic carboxylic acids is 1. The third kappa shape index (κ3) is 1.94. The number of nitrogens with zero attached hydrogens (tertiary/aromatic N) is 1. The highest BCUT2D eigenvalue weighted by Gasteiger charge is 2.65. The van der Waals surface area contributed by atoms with Crippen molar-refractivity contribution in [2.24, 2.45) is 11.8 Å². The van der Waals surface area contributed by atoms with E-state index < -0.39 is 29.5 Å². The molecule has 1 spiro atoms. The van der Waals surface area contributed by atoms with Gasteiger partial charge >= 0.3 is 0 Å². The van der Waals surface area contributed by atoms with Gasteiger partial charge < -0.3 is 24.5 Å². The Morgan fingerprint density at radius 3 is 3.08 bits per heavy atom. The highest BCUT2D eigenvalue weighted by atomic mass is 16.5. The second-order valence-electron chi connectivity index (χ2n) is 7.09. The average Bonchev–Trinajstić information content (AvgIpc) is 3.33. The van der Waals surface area contributed by atoms with Crippen LogP contribution in [0.4, 0.5) is 0 Å². The molecule has 3 aliphatic rings. The zero-order chi connectivity index (χ0) is 17.2. The molecule has 0 radical (unpaired) electrons. The molecule has 25 heavy (non-hydrogen) atoms. The van der Waals surface area contributed by atoms with Crippen LogP contribution in [0.3, 0.4) is 0 Å². The van der Waals surface area contributed by atoms with E-state index in [-0.39, 0.29) is 5.91 Å². The number of carboxylic acid groups (broad SMARTS) is 1. The summed E-state index contributed by atoms with van der Waals surface area (Å²) < 4.78 is 5.87. The second-order valence-corrected chi connectivity index (χ2v) is 7.09. The van der Waals surface area contributed by atoms with Crippen molar-refractivity contribution in [2.75, 3.05) is 13.1 Å². The predicted octanol–water partition coefficient (Wildman–Crippen LogP) is 0.242. The Hall–Kier alpha value is -2.60. The first-order chi connectivity index (χ1) is 12.1. The number of carbonyl (C=O) groups is 2. The predicted molar refractivity (Wildman–Crippen MR) is 87.3 cm³/mol. The van der Waals surface area contributed by atoms with Crippen molar-refractivity contribution in [3.8, 4) is 0 Å². The molecule has 3 aliphatic heterocycles. The van der Waals surface area contributed by atoms with Crippen LogP contribution in [-0.2, 0) is 20.7 Å². The maximum absolute atomic E-state index is 12.8. The molecule has 6 heteroatoms. The van der Waals surface area contributed by atoms with Crippen LogP contribution in [0.2, 0.25) is 0 Å². The van der Waals surface area contributed by atoms with Gasteiger partial charge in [-0.3, -0.25) is 4.79 Å². The summed E-state index contributed by atoms with van der Waals surface area (Å²) >= 11 is 0. The van der Waals surface area contributed by atoms with Crippen molar-refractivity contribution < 1.29 is 19.4 Å². The van der Waals surface area contributed by atoms with Crippen molar-refractivity contribution in [2.45, 2.75) is 18.1 Å². The number of ether oxygens (including phenoxy) is 1. The number of carbonyl (C=O) groups excluding carboxylic acids is 2. The van der Waals surface area contributed by atoms with E-state index in [1.54, 1.807) is 11.0 Å². The van der Waals surface area contributed by atoms with E-state index >= 15 is 0 Å². The zero-order valence-electron chi connectivity index (χ0n) is 13.5. The molecule has 2 saturated heterocycles. The Balaban J connectivity index is 1.37. The molecule has 0 aliphatic carbocycles. The summed E-state index contributed by atoms with van der Waals surface area (Å²) in [6, 6.07) is 8.05. The number of hydrogen-bond donors (Lipinski definition) is 1. The number of carboxylic acids is 1. The highest BCUT2D eigenvalue weighted by Crippen LogP contribution is 2.51. The number of aromatic amines is 1. The smallest absolute Gasteiger partial charge is 0.229 e. The average molecular weight is 337 g/mol. The van der Waals surface area contributed by atoms with E-state index in [0.29, 0.717) is 19.5 Å². The summed E-state index contributed by atoms with van der Waals surface area (Å²) in [5.74, 6) is -2.87. The molecule has 0 unspecified atom stereocenters. The van der Waals surface area contributed by atoms with Gasteiger partial charge in [0.1, 0.15) is 5.60 Å². The van der Waals surface area contributed by atoms with E-state index in [1.165, 1.54) is 0 Å². The van der Waals surface area contributed by atoms with Gasteiger partial charge in [-0.1, -0.05) is 30.4 Å². The third-order valence-electron chi connectivity index (χ3n) is 5.78. The van der Waals surface area contributed by atoms with Gasteiger partial charge in [0, 0.05) is 35.5 Å². The molecular weight excluding hydrogens is 320 g/mol. The van der Waals surface area contributed by atoms with E-state index in [2.05, 4.69) is 11.1 Å². The molecule has 1 amide bonds. The van der Waals surface area contributed by atoms with Crippen molar-refractivity contribution in [3.05, 3.63) is 48.2 Å². The number of para-hydroxylation sites is 1. The zero-order valence-corrected chi connectivity index (χ0v) is 13.5. The minimum absolute atomic E-state index is 0.138. The molecule has 5 rings (SSSR count). The number of benzene rings is 1. The van der Waals surface area contributed by atoms with E-state index in [9.17, 15) is 14.7 Å². The van der Waals surface area contributed by atoms with Crippen LogP contribution in [0, 0.1) is 11.8 Å². The molecule has 1 aromatic carbocycles. The summed E-state index contributed by atoms with van der Waals surface area (Å²) in [6.45, 7) is 0.955. The molecule has 2 aromatic rings. The van der Waals surface area contributed by atoms with Gasteiger partial charge in [0.2, 0.25) is 5.91 Å². The number of aromatic nitrogens is 1. The Kier molecular flexibility index (Phi) is 2.92. The van der Waals surface area contributed by atoms with Crippen LogP contribution >= 0.6 is 0 Å². The van der Waals surface area contributed by atoms with Crippen LogP contribution in [0.1, 0.15) is 5.56 Å². The summed E-state index contributed by atoms with van der Waals surface area (Å²) in [5, 5.41) is 12.6. The number of H-pyrrole nitrogens is 1. The maximum Gasteiger partial charge on any atom is 0.229 e. The van der Waals surface area contributed by atoms with Gasteiger partial charge in [0.05, 0.1) is 18.6 Å². The van der Waals surface area contributed by atoms with E-state index in [4.69, 9.17) is 4.74 Å². The summed E-state index contributed by atoms with van der Waals surface area (Å²) in [7, 11) is 0. The minimum atomic E-state index is -1.20. The molecular formula is C19H17N2O4-. The molecule has 6 nitrogen and oxygen atoms in total. The first kappa shape index (κ1) is 14.7. The fraction of sp³-hybridized carbons (Fsp3) is 0.368. The molecule has 1 aromatic heterocycles. The first-order valence-corrected chi connectivity index (χ1v) is 8.51. The van der Waals surface area contributed by atoms with E-state index in [0.717, 1.165) is 16.5 Å². The SMILES string of the molecule is O=C([O-])[C@@H]1[C@H]2C=C[C@]3(CN(CCc4c[nH]c5ccccc45)C(=O)[C@@H]13)O2. The molecule has 1 N–H and O–H groups in total. The highest BCUT2D eigenvalue weighted by molar-refractivity contribution is 5.90. The molecule has 4 atom stereocenters. The molecule has 0 saturated carbocycles. The quantitative estimate of drug-likeness (QED) is 0.810. The minimum Gasteiger partial charge on any atom is -0.550 e. The van der Waals surface area contributed by atoms with Gasteiger partial charge in [0.15, 0.2) is 0 Å². The molecule has 2 fully saturated rings. The number of amides is 1. The first-order valence-electron chi connectivity index (χ1n) is 8.51. The number of nitrogens with one attached hydrogen (secondary N) is 1. The van der Waals surface area contributed by atoms with E-state index in [1.807, 2.05) is 30.5 Å². The van der Waals surface area contributed by atoms with Crippen LogP contribution in [-0.4, -0.2) is 46.6 Å². The van der Waals surface area contributed by atoms with Crippen LogP contribution < -0.4 is 5.11 Å². The fourth-order valence-corrected chi connectivity index (χ4v) is 4.63. The lowest BCUT2D eigenvalue weighted by Crippen LogP contribution is -2.45. The van der Waals surface area contributed by atoms with Crippen molar-refractivity contribution in [3.63, 3.8) is 0 Å². The monoisotopic (exact) mass is 337 g/mol. The Morgan fingerprint density at radius 1 is 1.40 bits per heavy atom. The van der Waals surface area contributed by atoms with Gasteiger partial charge in [-0.2, -0.15) is 0 Å². The molecule has 2 bridgehead atoms. The third-order valence-corrected chi connectivity index (χ3v) is 5.78. The van der Waals surface area contributed by atoms with Gasteiger partial charge in [0.25, 0.3) is 0 Å². The maximum atomic E-state index is 12.8. The van der Waals surface area contributed by atoms with Crippen LogP contribution in [0.15, 0.2) is 42.6 Å². The topological polar surface area (TPSA) is 85.5 Å². The van der Waals surface area contributed by atoms with Gasteiger partial charge in [-0.15, -0.1) is 0 Å².